The summed E-state index contributed by atoms with van der Waals surface area (Å²) in [5.41, 5.74) is -1.88. The van der Waals surface area contributed by atoms with Gasteiger partial charge in [0.2, 0.25) is 15.9 Å². The Morgan fingerprint density at radius 1 is 1.15 bits per heavy atom. The highest BCUT2D eigenvalue weighted by Crippen LogP contribution is 2.41. The molecule has 2 aromatic rings. The fourth-order valence-electron chi connectivity index (χ4n) is 4.13. The summed E-state index contributed by atoms with van der Waals surface area (Å²) < 4.78 is 37.6. The highest BCUT2D eigenvalue weighted by Gasteiger charge is 2.53. The molecule has 1 fully saturated rings. The zero-order valence-corrected chi connectivity index (χ0v) is 28.5. The Kier molecular flexibility index (Phi) is 12.0. The predicted molar refractivity (Wildman–Crippen MR) is 171 cm³/mol. The van der Waals surface area contributed by atoms with Gasteiger partial charge in [-0.25, -0.2) is 17.5 Å². The fraction of sp³-hybridized carbons (Fsp3) is 0.433. The van der Waals surface area contributed by atoms with Gasteiger partial charge in [-0.05, 0) is 66.1 Å². The molecule has 1 heterocycles. The summed E-state index contributed by atoms with van der Waals surface area (Å²) in [6, 6.07) is 10.5. The van der Waals surface area contributed by atoms with Crippen molar-refractivity contribution < 1.29 is 42.3 Å². The molecule has 3 rings (SSSR count). The van der Waals surface area contributed by atoms with Crippen LogP contribution in [0.15, 0.2) is 64.2 Å². The zero-order valence-electron chi connectivity index (χ0n) is 26.1. The van der Waals surface area contributed by atoms with Crippen LogP contribution >= 0.6 is 23.4 Å². The number of nitro groups is 1. The van der Waals surface area contributed by atoms with E-state index in [1.54, 1.807) is 0 Å². The molecule has 46 heavy (non-hydrogen) atoms. The molecule has 1 N–H and O–H groups in total. The molecule has 0 saturated carbocycles. The van der Waals surface area contributed by atoms with E-state index in [-0.39, 0.29) is 34.5 Å². The van der Waals surface area contributed by atoms with E-state index in [0.717, 1.165) is 9.21 Å². The van der Waals surface area contributed by atoms with Crippen LogP contribution in [0.25, 0.3) is 0 Å². The lowest BCUT2D eigenvalue weighted by Crippen LogP contribution is -2.62. The third kappa shape index (κ3) is 8.64. The molecule has 0 unspecified atom stereocenters. The van der Waals surface area contributed by atoms with E-state index in [1.807, 2.05) is 20.8 Å². The summed E-state index contributed by atoms with van der Waals surface area (Å²) in [6.07, 6.45) is -0.421. The molecular weight excluding hydrogens is 662 g/mol. The predicted octanol–water partition coefficient (Wildman–Crippen LogP) is 4.63. The number of thioether (sulfide) groups is 1. The normalized spacial score (nSPS) is 18.0. The molecule has 3 atom stereocenters. The minimum atomic E-state index is -3.77. The highest BCUT2D eigenvalue weighted by molar-refractivity contribution is 8.16. The Morgan fingerprint density at radius 3 is 2.22 bits per heavy atom. The molecule has 16 heteroatoms. The monoisotopic (exact) mass is 697 g/mol. The third-order valence-corrected chi connectivity index (χ3v) is 10.5. The number of nitro benzene ring substituents is 1. The number of sulfonamides is 1. The minimum Gasteiger partial charge on any atom is -0.456 e. The van der Waals surface area contributed by atoms with Gasteiger partial charge in [-0.3, -0.25) is 24.6 Å². The van der Waals surface area contributed by atoms with Crippen LogP contribution in [-0.4, -0.2) is 70.3 Å². The van der Waals surface area contributed by atoms with Crippen molar-refractivity contribution in [2.75, 3.05) is 14.1 Å². The van der Waals surface area contributed by atoms with E-state index >= 15 is 0 Å². The Bertz CT molecular complexity index is 1610. The number of esters is 1. The van der Waals surface area contributed by atoms with Crippen molar-refractivity contribution in [2.24, 2.45) is 11.3 Å². The van der Waals surface area contributed by atoms with Crippen LogP contribution in [0.4, 0.5) is 5.69 Å². The number of carbonyl (C=O) groups excluding carboxylic acids is 3. The van der Waals surface area contributed by atoms with E-state index in [2.05, 4.69) is 0 Å². The number of ether oxygens (including phenoxy) is 2. The van der Waals surface area contributed by atoms with E-state index in [1.165, 1.54) is 69.6 Å². The van der Waals surface area contributed by atoms with Crippen molar-refractivity contribution in [2.45, 2.75) is 63.6 Å². The van der Waals surface area contributed by atoms with Crippen LogP contribution < -0.4 is 4.74 Å². The molecule has 1 saturated heterocycles. The fourth-order valence-corrected chi connectivity index (χ4v) is 6.63. The average Bonchev–Trinajstić information content (AvgIpc) is 2.98. The molecule has 13 nitrogen and oxygen atoms in total. The maximum Gasteiger partial charge on any atom is 0.359 e. The first-order valence-corrected chi connectivity index (χ1v) is 16.8. The molecule has 0 aromatic heterocycles. The number of benzene rings is 2. The molecule has 1 aliphatic rings. The van der Waals surface area contributed by atoms with Crippen LogP contribution in [0.3, 0.4) is 0 Å². The standard InChI is InChI=1S/C30H36ClN3O10S2/c1-7-30(3,4)16-23(36)45-29(44-21-12-14-22(15-13-21)46(41,42)32(5)6)25(33-26(31)24(18(2)35)27(33)37)28(38)43-17-19-8-10-20(11-9-19)34(39)40/h8-15,18,24,26,35H,7,16-17H2,1-6H3/t18-,24-,26-/m1/s1. The number of aliphatic hydroxyl groups is 1. The number of hydrogen-bond acceptors (Lipinski definition) is 11. The largest absolute Gasteiger partial charge is 0.456 e. The van der Waals surface area contributed by atoms with Gasteiger partial charge in [0.1, 0.15) is 17.9 Å². The topological polar surface area (TPSA) is 174 Å². The lowest BCUT2D eigenvalue weighted by Gasteiger charge is -2.45. The molecule has 0 radical (unpaired) electrons. The second-order valence-electron chi connectivity index (χ2n) is 11.5. The molecule has 1 aliphatic heterocycles. The van der Waals surface area contributed by atoms with Gasteiger partial charge in [0.25, 0.3) is 5.69 Å². The van der Waals surface area contributed by atoms with Crippen molar-refractivity contribution in [3.05, 3.63) is 75.0 Å². The molecule has 0 aliphatic carbocycles. The molecule has 0 bridgehead atoms. The molecular formula is C30H36ClN3O10S2. The molecule has 2 aromatic carbocycles. The average molecular weight is 698 g/mol. The number of amides is 1. The second kappa shape index (κ2) is 14.9. The van der Waals surface area contributed by atoms with Crippen LogP contribution in [0, 0.1) is 21.4 Å². The second-order valence-corrected chi connectivity index (χ2v) is 15.1. The summed E-state index contributed by atoms with van der Waals surface area (Å²) in [7, 11) is -1.02. The number of hydrogen-bond donors (Lipinski definition) is 1. The van der Waals surface area contributed by atoms with Gasteiger partial charge in [0, 0.05) is 32.6 Å². The van der Waals surface area contributed by atoms with E-state index in [9.17, 15) is 38.0 Å². The van der Waals surface area contributed by atoms with Gasteiger partial charge in [0.15, 0.2) is 15.9 Å². The van der Waals surface area contributed by atoms with Gasteiger partial charge in [-0.2, -0.15) is 0 Å². The van der Waals surface area contributed by atoms with Crippen LogP contribution in [0.5, 0.6) is 5.75 Å². The van der Waals surface area contributed by atoms with Gasteiger partial charge in [0.05, 0.1) is 21.8 Å². The quantitative estimate of drug-likeness (QED) is 0.0426. The number of likely N-dealkylation sites (tertiary alicyclic amines) is 1. The number of aliphatic hydroxyl groups excluding tert-OH is 1. The summed E-state index contributed by atoms with van der Waals surface area (Å²) in [6.45, 7) is 6.71. The first-order valence-electron chi connectivity index (χ1n) is 14.1. The van der Waals surface area contributed by atoms with Crippen LogP contribution in [0.2, 0.25) is 0 Å². The van der Waals surface area contributed by atoms with Crippen LogP contribution in [-0.2, 0) is 35.8 Å². The van der Waals surface area contributed by atoms with E-state index in [4.69, 9.17) is 21.1 Å². The van der Waals surface area contributed by atoms with Gasteiger partial charge in [-0.15, -0.1) is 0 Å². The third-order valence-electron chi connectivity index (χ3n) is 7.33. The maximum atomic E-state index is 13.7. The SMILES string of the molecule is CCC(C)(C)CC(=O)SC(Oc1ccc(S(=O)(=O)N(C)C)cc1)=C(C(=O)OCc1ccc([N+](=O)[O-])cc1)N1C(=O)[C@H]([C@@H](C)O)[C@@H]1Cl. The number of halogens is 1. The van der Waals surface area contributed by atoms with Gasteiger partial charge < -0.3 is 14.6 Å². The molecule has 250 valence electrons. The van der Waals surface area contributed by atoms with Crippen molar-refractivity contribution in [1.29, 1.82) is 0 Å². The summed E-state index contributed by atoms with van der Waals surface area (Å²) in [4.78, 5) is 51.5. The van der Waals surface area contributed by atoms with Gasteiger partial charge >= 0.3 is 5.97 Å². The number of β-lactam (4-membered cyclic amide) rings is 1. The van der Waals surface area contributed by atoms with Crippen molar-refractivity contribution in [3.8, 4) is 5.75 Å². The molecule has 0 spiro atoms. The Labute approximate surface area is 276 Å². The highest BCUT2D eigenvalue weighted by atomic mass is 35.5. The first-order chi connectivity index (χ1) is 21.4. The van der Waals surface area contributed by atoms with Crippen molar-refractivity contribution >= 4 is 56.1 Å². The number of rotatable bonds is 14. The maximum absolute atomic E-state index is 13.7. The first kappa shape index (κ1) is 37.0. The number of alkyl halides is 1. The van der Waals surface area contributed by atoms with Crippen molar-refractivity contribution in [1.82, 2.24) is 9.21 Å². The summed E-state index contributed by atoms with van der Waals surface area (Å²) in [5.74, 6) is -2.84. The Balaban J connectivity index is 2.09. The Morgan fingerprint density at radius 2 is 1.74 bits per heavy atom. The minimum absolute atomic E-state index is 0.0367. The lowest BCUT2D eigenvalue weighted by atomic mass is 9.87. The number of non-ortho nitro benzene ring substituents is 1. The van der Waals surface area contributed by atoms with E-state index in [0.29, 0.717) is 23.7 Å². The van der Waals surface area contributed by atoms with Crippen molar-refractivity contribution in [3.63, 3.8) is 0 Å². The number of carbonyl (C=O) groups is 3. The summed E-state index contributed by atoms with van der Waals surface area (Å²) in [5, 5.41) is 20.4. The van der Waals surface area contributed by atoms with Crippen LogP contribution in [0.1, 0.15) is 46.1 Å². The Hall–Kier alpha value is -3.50. The molecule has 1 amide bonds. The van der Waals surface area contributed by atoms with Gasteiger partial charge in [-0.1, -0.05) is 38.8 Å². The smallest absolute Gasteiger partial charge is 0.359 e. The van der Waals surface area contributed by atoms with E-state index < -0.39 is 60.6 Å². The zero-order chi connectivity index (χ0) is 34.6. The lowest BCUT2D eigenvalue weighted by molar-refractivity contribution is -0.384. The summed E-state index contributed by atoms with van der Waals surface area (Å²) >= 11 is 7.06. The number of nitrogens with zero attached hydrogens (tertiary/aromatic N) is 3.